The quantitative estimate of drug-likeness (QED) is 0.427. The highest BCUT2D eigenvalue weighted by atomic mass is 19.4. The van der Waals surface area contributed by atoms with Crippen LogP contribution in [-0.4, -0.2) is 132 Å². The number of hydrogen-bond acceptors (Lipinski definition) is 9. The molecule has 0 spiro atoms. The zero-order chi connectivity index (χ0) is 28.6. The topological polar surface area (TPSA) is 89.1 Å². The van der Waals surface area contributed by atoms with Gasteiger partial charge in [-0.25, -0.2) is 4.98 Å². The summed E-state index contributed by atoms with van der Waals surface area (Å²) in [7, 11) is 2.20. The van der Waals surface area contributed by atoms with E-state index in [9.17, 15) is 18.0 Å². The highest BCUT2D eigenvalue weighted by molar-refractivity contribution is 5.82. The predicted octanol–water partition coefficient (Wildman–Crippen LogP) is 2.20. The molecule has 1 aliphatic carbocycles. The van der Waals surface area contributed by atoms with Crippen molar-refractivity contribution in [3.8, 4) is 0 Å². The third-order valence-electron chi connectivity index (χ3n) is 9.74. The first kappa shape index (κ1) is 28.9. The Kier molecular flexibility index (Phi) is 8.58. The molecule has 5 aliphatic rings. The van der Waals surface area contributed by atoms with Crippen molar-refractivity contribution < 1.29 is 22.7 Å². The molecule has 228 valence electrons. The number of likely N-dealkylation sites (tertiary alicyclic amines) is 2. The number of halogens is 3. The lowest BCUT2D eigenvalue weighted by atomic mass is 9.85. The van der Waals surface area contributed by atoms with E-state index >= 15 is 0 Å². The number of amides is 1. The summed E-state index contributed by atoms with van der Waals surface area (Å²) >= 11 is 0. The number of nitrogens with zero attached hydrogens (tertiary/aromatic N) is 6. The minimum atomic E-state index is -4.56. The first-order valence-corrected chi connectivity index (χ1v) is 15.2. The molecule has 10 nitrogen and oxygen atoms in total. The molecule has 2 bridgehead atoms. The maximum absolute atomic E-state index is 13.7. The minimum absolute atomic E-state index is 0.0752. The average Bonchev–Trinajstić information content (AvgIpc) is 3.15. The van der Waals surface area contributed by atoms with Crippen LogP contribution in [0.5, 0.6) is 0 Å². The van der Waals surface area contributed by atoms with Gasteiger partial charge in [0, 0.05) is 63.6 Å². The molecule has 0 radical (unpaired) electrons. The van der Waals surface area contributed by atoms with Gasteiger partial charge < -0.3 is 25.2 Å². The second kappa shape index (κ2) is 12.2. The van der Waals surface area contributed by atoms with Crippen molar-refractivity contribution in [2.24, 2.45) is 5.92 Å². The van der Waals surface area contributed by atoms with Crippen LogP contribution in [0.1, 0.15) is 44.1 Å². The van der Waals surface area contributed by atoms with Crippen molar-refractivity contribution >= 4 is 17.7 Å². The predicted molar refractivity (Wildman–Crippen MR) is 149 cm³/mol. The van der Waals surface area contributed by atoms with Gasteiger partial charge in [0.2, 0.25) is 11.9 Å². The number of alkyl halides is 3. The van der Waals surface area contributed by atoms with Gasteiger partial charge in [0.25, 0.3) is 0 Å². The lowest BCUT2D eigenvalue weighted by Gasteiger charge is -2.48. The number of fused-ring (bicyclic) bond motifs is 2. The monoisotopic (exact) mass is 580 g/mol. The van der Waals surface area contributed by atoms with Crippen LogP contribution in [0.4, 0.5) is 24.9 Å². The largest absolute Gasteiger partial charge is 0.421 e. The number of aromatic nitrogens is 2. The number of carbonyl (C=O) groups is 1. The Morgan fingerprint density at radius 2 is 1.68 bits per heavy atom. The zero-order valence-corrected chi connectivity index (χ0v) is 23.9. The highest BCUT2D eigenvalue weighted by Crippen LogP contribution is 2.35. The third-order valence-corrected chi connectivity index (χ3v) is 9.74. The Morgan fingerprint density at radius 1 is 0.976 bits per heavy atom. The van der Waals surface area contributed by atoms with Crippen LogP contribution in [0.2, 0.25) is 0 Å². The Morgan fingerprint density at radius 3 is 2.37 bits per heavy atom. The summed E-state index contributed by atoms with van der Waals surface area (Å²) in [5, 5.41) is 6.13. The summed E-state index contributed by atoms with van der Waals surface area (Å²) in [6, 6.07) is 1.44. The molecule has 5 heterocycles. The number of rotatable bonds is 9. The van der Waals surface area contributed by atoms with E-state index in [0.29, 0.717) is 38.3 Å². The van der Waals surface area contributed by atoms with E-state index < -0.39 is 11.7 Å². The molecule has 5 fully saturated rings. The number of anilines is 2. The molecule has 13 heteroatoms. The molecule has 1 aromatic heterocycles. The smallest absolute Gasteiger partial charge is 0.378 e. The van der Waals surface area contributed by atoms with Crippen LogP contribution in [0, 0.1) is 5.92 Å². The number of piperazine rings is 1. The van der Waals surface area contributed by atoms with Crippen molar-refractivity contribution in [1.29, 1.82) is 0 Å². The van der Waals surface area contributed by atoms with E-state index in [1.165, 1.54) is 25.9 Å². The molecule has 6 rings (SSSR count). The maximum atomic E-state index is 13.7. The maximum Gasteiger partial charge on any atom is 0.421 e. The lowest BCUT2D eigenvalue weighted by molar-refractivity contribution is -0.137. The normalized spacial score (nSPS) is 30.4. The molecular formula is C28H43F3N8O2. The van der Waals surface area contributed by atoms with Gasteiger partial charge in [-0.1, -0.05) is 0 Å². The van der Waals surface area contributed by atoms with Gasteiger partial charge in [0.1, 0.15) is 11.4 Å². The fraction of sp³-hybridized carbons (Fsp3) is 0.821. The van der Waals surface area contributed by atoms with Gasteiger partial charge in [-0.3, -0.25) is 14.6 Å². The van der Waals surface area contributed by atoms with Crippen LogP contribution in [0.3, 0.4) is 0 Å². The first-order chi connectivity index (χ1) is 19.7. The molecule has 1 aromatic rings. The van der Waals surface area contributed by atoms with Crippen LogP contribution in [-0.2, 0) is 15.7 Å². The molecule has 2 atom stereocenters. The fourth-order valence-corrected chi connectivity index (χ4v) is 7.17. The molecule has 1 amide bonds. The number of ether oxygens (including phenoxy) is 1. The van der Waals surface area contributed by atoms with Gasteiger partial charge in [0.15, 0.2) is 0 Å². The van der Waals surface area contributed by atoms with E-state index in [-0.39, 0.29) is 42.2 Å². The Labute approximate surface area is 240 Å². The lowest BCUT2D eigenvalue weighted by Crippen LogP contribution is -2.58. The van der Waals surface area contributed by atoms with Crippen molar-refractivity contribution in [3.05, 3.63) is 11.8 Å². The van der Waals surface area contributed by atoms with Crippen LogP contribution < -0.4 is 10.6 Å². The van der Waals surface area contributed by atoms with Gasteiger partial charge in [0.05, 0.1) is 25.2 Å². The van der Waals surface area contributed by atoms with Crippen LogP contribution >= 0.6 is 0 Å². The van der Waals surface area contributed by atoms with E-state index in [4.69, 9.17) is 4.74 Å². The van der Waals surface area contributed by atoms with E-state index in [2.05, 4.69) is 42.3 Å². The summed E-state index contributed by atoms with van der Waals surface area (Å²) in [5.74, 6) is 0.0196. The second-order valence-electron chi connectivity index (χ2n) is 12.5. The van der Waals surface area contributed by atoms with E-state index in [1.54, 1.807) is 0 Å². The summed E-state index contributed by atoms with van der Waals surface area (Å²) in [5.41, 5.74) is -0.876. The van der Waals surface area contributed by atoms with Gasteiger partial charge in [-0.05, 0) is 58.7 Å². The fourth-order valence-electron chi connectivity index (χ4n) is 7.17. The minimum Gasteiger partial charge on any atom is -0.378 e. The standard InChI is InChI=1S/C28H43F3N8O2/c1-36-7-3-21(4-8-36)37-9-11-38(12-10-37)22-14-20(15-22)34-27-33-16-24(28(29,30)31)25(35-27)32-5-2-6-39-23-13-19(26(39)40)17-41-18-23/h16,19-23H,2-15,17-18H2,1H3,(H2,32,33,34,35). The molecule has 0 aromatic carbocycles. The summed E-state index contributed by atoms with van der Waals surface area (Å²) in [6.07, 6.45) is 2.03. The second-order valence-corrected chi connectivity index (χ2v) is 12.5. The van der Waals surface area contributed by atoms with E-state index in [0.717, 1.165) is 51.6 Å². The van der Waals surface area contributed by atoms with E-state index in [1.807, 2.05) is 4.90 Å². The first-order valence-electron chi connectivity index (χ1n) is 15.2. The Hall–Kier alpha value is -2.22. The zero-order valence-electron chi connectivity index (χ0n) is 23.9. The number of hydrogen-bond donors (Lipinski definition) is 2. The Balaban J connectivity index is 0.965. The van der Waals surface area contributed by atoms with Crippen LogP contribution in [0.25, 0.3) is 0 Å². The Bertz CT molecular complexity index is 1060. The van der Waals surface area contributed by atoms with Crippen molar-refractivity contribution in [2.75, 3.05) is 83.3 Å². The summed E-state index contributed by atoms with van der Waals surface area (Å²) in [6.45, 7) is 8.50. The molecule has 4 saturated heterocycles. The van der Waals surface area contributed by atoms with Gasteiger partial charge >= 0.3 is 6.18 Å². The number of carbonyl (C=O) groups excluding carboxylic acids is 1. The molecule has 2 unspecified atom stereocenters. The summed E-state index contributed by atoms with van der Waals surface area (Å²) < 4.78 is 46.5. The highest BCUT2D eigenvalue weighted by Gasteiger charge is 2.42. The molecule has 2 N–H and O–H groups in total. The number of piperidine rings is 1. The molecular weight excluding hydrogens is 537 g/mol. The third kappa shape index (κ3) is 6.57. The molecule has 41 heavy (non-hydrogen) atoms. The van der Waals surface area contributed by atoms with Gasteiger partial charge in [-0.2, -0.15) is 18.2 Å². The van der Waals surface area contributed by atoms with Gasteiger partial charge in [-0.15, -0.1) is 0 Å². The van der Waals surface area contributed by atoms with Crippen molar-refractivity contribution in [1.82, 2.24) is 29.6 Å². The van der Waals surface area contributed by atoms with Crippen LogP contribution in [0.15, 0.2) is 6.20 Å². The number of nitrogens with one attached hydrogen (secondary N) is 2. The van der Waals surface area contributed by atoms with Crippen molar-refractivity contribution in [3.63, 3.8) is 0 Å². The van der Waals surface area contributed by atoms with Crippen molar-refractivity contribution in [2.45, 2.75) is 68.9 Å². The SMILES string of the molecule is CN1CCC(N2CCN(C3CC(Nc4ncc(C(F)(F)F)c(NCCCN5C(=O)C6COCC5C6)n4)C3)CC2)CC1. The average molecular weight is 581 g/mol. The molecule has 4 aliphatic heterocycles. The molecule has 1 saturated carbocycles. The summed E-state index contributed by atoms with van der Waals surface area (Å²) in [4.78, 5) is 30.1.